The van der Waals surface area contributed by atoms with Crippen LogP contribution in [0.2, 0.25) is 0 Å². The highest BCUT2D eigenvalue weighted by Crippen LogP contribution is 2.27. The summed E-state index contributed by atoms with van der Waals surface area (Å²) in [4.78, 5) is 10.8. The van der Waals surface area contributed by atoms with Crippen LogP contribution in [0.4, 0.5) is 0 Å². The summed E-state index contributed by atoms with van der Waals surface area (Å²) in [6, 6.07) is 2.04. The highest BCUT2D eigenvalue weighted by molar-refractivity contribution is 5.93. The predicted molar refractivity (Wildman–Crippen MR) is 196 cm³/mol. The molecule has 0 aromatic heterocycles. The van der Waals surface area contributed by atoms with Gasteiger partial charge in [0.1, 0.15) is 0 Å². The van der Waals surface area contributed by atoms with E-state index >= 15 is 0 Å². The molecule has 0 radical (unpaired) electrons. The second-order valence-corrected chi connectivity index (χ2v) is 10.3. The van der Waals surface area contributed by atoms with Crippen molar-refractivity contribution in [3.8, 4) is 6.07 Å². The van der Waals surface area contributed by atoms with Crippen molar-refractivity contribution in [3.05, 3.63) is 132 Å². The van der Waals surface area contributed by atoms with Gasteiger partial charge in [0.25, 0.3) is 0 Å². The summed E-state index contributed by atoms with van der Waals surface area (Å²) in [6.45, 7) is 46.1. The van der Waals surface area contributed by atoms with Gasteiger partial charge in [-0.2, -0.15) is 5.26 Å². The van der Waals surface area contributed by atoms with E-state index in [4.69, 9.17) is 16.7 Å². The van der Waals surface area contributed by atoms with Gasteiger partial charge in [0, 0.05) is 17.8 Å². The molecule has 0 saturated heterocycles. The molecule has 0 fully saturated rings. The maximum absolute atomic E-state index is 10.8. The van der Waals surface area contributed by atoms with Crippen LogP contribution in [0.5, 0.6) is 0 Å². The minimum absolute atomic E-state index is 0.0763. The van der Waals surface area contributed by atoms with Crippen LogP contribution < -0.4 is 11.5 Å². The molecule has 0 atom stereocenters. The number of Topliss-reactive ketones (excluding diaryl/α,β-unsaturated/α-hetero) is 1. The Labute approximate surface area is 266 Å². The Bertz CT molecular complexity index is 1120. The van der Waals surface area contributed by atoms with Gasteiger partial charge >= 0.3 is 0 Å². The molecule has 0 aromatic carbocycles. The van der Waals surface area contributed by atoms with Crippen molar-refractivity contribution < 1.29 is 4.79 Å². The molecule has 0 unspecified atom stereocenters. The van der Waals surface area contributed by atoms with Crippen molar-refractivity contribution in [2.24, 2.45) is 11.5 Å². The topological polar surface area (TPSA) is 92.9 Å². The summed E-state index contributed by atoms with van der Waals surface area (Å²) < 4.78 is 0. The molecular formula is C39H63N3O. The van der Waals surface area contributed by atoms with Gasteiger partial charge in [-0.25, -0.2) is 0 Å². The molecule has 0 aliphatic heterocycles. The van der Waals surface area contributed by atoms with Crippen molar-refractivity contribution in [1.82, 2.24) is 0 Å². The Morgan fingerprint density at radius 3 is 1.65 bits per heavy atom. The molecule has 1 aliphatic carbocycles. The van der Waals surface area contributed by atoms with Crippen molar-refractivity contribution in [3.63, 3.8) is 0 Å². The molecule has 0 aromatic rings. The van der Waals surface area contributed by atoms with E-state index in [0.29, 0.717) is 6.54 Å². The van der Waals surface area contributed by atoms with Crippen LogP contribution in [0.3, 0.4) is 0 Å². The van der Waals surface area contributed by atoms with Crippen LogP contribution in [0.15, 0.2) is 132 Å². The van der Waals surface area contributed by atoms with Gasteiger partial charge in [0.15, 0.2) is 5.78 Å². The molecule has 0 bridgehead atoms. The van der Waals surface area contributed by atoms with Gasteiger partial charge in [-0.3, -0.25) is 4.79 Å². The quantitative estimate of drug-likeness (QED) is 0.127. The van der Waals surface area contributed by atoms with Crippen LogP contribution in [0.1, 0.15) is 95.4 Å². The summed E-state index contributed by atoms with van der Waals surface area (Å²) in [6.07, 6.45) is 11.0. The molecule has 0 heterocycles. The third-order valence-electron chi connectivity index (χ3n) is 5.72. The number of carbonyl (C=O) groups is 1. The number of nitrogens with two attached hydrogens (primary N) is 2. The first kappa shape index (κ1) is 48.8. The number of nitriles is 1. The first-order valence-corrected chi connectivity index (χ1v) is 14.4. The second-order valence-electron chi connectivity index (χ2n) is 10.3. The van der Waals surface area contributed by atoms with E-state index < -0.39 is 0 Å². The molecule has 1 aliphatic rings. The maximum Gasteiger partial charge on any atom is 0.155 e. The fourth-order valence-corrected chi connectivity index (χ4v) is 2.28. The van der Waals surface area contributed by atoms with E-state index in [0.717, 1.165) is 64.0 Å². The minimum atomic E-state index is 0.0763. The van der Waals surface area contributed by atoms with Crippen molar-refractivity contribution >= 4 is 5.78 Å². The van der Waals surface area contributed by atoms with Crippen molar-refractivity contribution in [1.29, 1.82) is 5.26 Å². The molecule has 0 amide bonds. The number of rotatable bonds is 8. The Kier molecular flexibility index (Phi) is 35.2. The van der Waals surface area contributed by atoms with Gasteiger partial charge in [-0.05, 0) is 122 Å². The fourth-order valence-electron chi connectivity index (χ4n) is 2.28. The molecule has 4 nitrogen and oxygen atoms in total. The Morgan fingerprint density at radius 2 is 1.49 bits per heavy atom. The SMILES string of the molecule is C=C.C=C(C)C.C=C(C)C(=C)/C=C(\C)C(C)=O.C=C1CC(C)=C1N.C=CC(=CC/C(=C\C)CC)CN.CC(C)=C(C)C#N. The van der Waals surface area contributed by atoms with E-state index in [-0.39, 0.29) is 5.78 Å². The summed E-state index contributed by atoms with van der Waals surface area (Å²) in [5, 5.41) is 8.20. The lowest BCUT2D eigenvalue weighted by Crippen LogP contribution is -2.12. The normalized spacial score (nSPS) is 11.6. The number of ketones is 1. The monoisotopic (exact) mass is 589 g/mol. The van der Waals surface area contributed by atoms with Crippen LogP contribution in [0, 0.1) is 11.3 Å². The van der Waals surface area contributed by atoms with Gasteiger partial charge in [0.05, 0.1) is 6.07 Å². The average Bonchev–Trinajstić information content (AvgIpc) is 2.96. The Morgan fingerprint density at radius 1 is 1.02 bits per heavy atom. The molecule has 4 heteroatoms. The molecule has 4 N–H and O–H groups in total. The standard InChI is InChI=1S/C11H19N.C10H14O.2C6H9N.C4H8.C2H4/c1-4-10(5-2)7-8-11(6-3)9-12;1-7(2)8(3)6-9(4)10(5)11;1-4-3-5(2)6(4)7;1-5(2)6(3)4-7;1-4(2)3;1-2/h4,6,8H,3,5,7,9,12H2,1-2H3;6H,1,3H2,2,4-5H3;1,3,7H2,2H3;1-3H3;1H2,2-3H3;1-2H2/b10-4-,11-8?;9-6+;;;;. The zero-order valence-electron chi connectivity index (χ0n) is 29.6. The second kappa shape index (κ2) is 31.0. The highest BCUT2D eigenvalue weighted by Gasteiger charge is 2.12. The lowest BCUT2D eigenvalue weighted by Gasteiger charge is -2.18. The largest absolute Gasteiger partial charge is 0.399 e. The average molecular weight is 590 g/mol. The van der Waals surface area contributed by atoms with E-state index in [2.05, 4.69) is 72.1 Å². The molecule has 0 spiro atoms. The summed E-state index contributed by atoms with van der Waals surface area (Å²) >= 11 is 0. The van der Waals surface area contributed by atoms with Crippen molar-refractivity contribution in [2.75, 3.05) is 6.54 Å². The van der Waals surface area contributed by atoms with Gasteiger partial charge in [0.2, 0.25) is 0 Å². The zero-order chi connectivity index (χ0) is 35.3. The predicted octanol–water partition coefficient (Wildman–Crippen LogP) is 10.9. The highest BCUT2D eigenvalue weighted by atomic mass is 16.1. The van der Waals surface area contributed by atoms with E-state index in [1.807, 2.05) is 60.6 Å². The molecule has 1 rings (SSSR count). The third-order valence-corrected chi connectivity index (χ3v) is 5.72. The third kappa shape index (κ3) is 32.4. The number of allylic oxidation sites excluding steroid dienone is 12. The summed E-state index contributed by atoms with van der Waals surface area (Å²) in [5.74, 6) is 0.0763. The maximum atomic E-state index is 10.8. The van der Waals surface area contributed by atoms with Crippen molar-refractivity contribution in [2.45, 2.75) is 95.4 Å². The molecular weight excluding hydrogens is 526 g/mol. The number of carbonyl (C=O) groups excluding carboxylic acids is 1. The summed E-state index contributed by atoms with van der Waals surface area (Å²) in [5.41, 5.74) is 22.3. The number of nitrogens with zero attached hydrogens (tertiary/aromatic N) is 1. The minimum Gasteiger partial charge on any atom is -0.399 e. The van der Waals surface area contributed by atoms with Crippen LogP contribution in [-0.4, -0.2) is 12.3 Å². The Hall–Kier alpha value is -3.94. The number of hydrogen-bond donors (Lipinski definition) is 2. The van der Waals surface area contributed by atoms with Crippen LogP contribution in [0.25, 0.3) is 0 Å². The van der Waals surface area contributed by atoms with Gasteiger partial charge in [-0.1, -0.05) is 73.8 Å². The fraction of sp³-hybridized carbons (Fsp3) is 0.385. The zero-order valence-corrected chi connectivity index (χ0v) is 29.6. The number of hydrogen-bond acceptors (Lipinski definition) is 4. The van der Waals surface area contributed by atoms with Crippen LogP contribution in [-0.2, 0) is 4.79 Å². The first-order chi connectivity index (χ1) is 19.9. The molecule has 43 heavy (non-hydrogen) atoms. The lowest BCUT2D eigenvalue weighted by atomic mass is 9.91. The Balaban J connectivity index is -0.000000143. The van der Waals surface area contributed by atoms with Gasteiger partial charge < -0.3 is 11.5 Å². The summed E-state index contributed by atoms with van der Waals surface area (Å²) in [7, 11) is 0. The van der Waals surface area contributed by atoms with E-state index in [1.54, 1.807) is 13.0 Å². The first-order valence-electron chi connectivity index (χ1n) is 14.4. The molecule has 0 saturated carbocycles. The smallest absolute Gasteiger partial charge is 0.155 e. The molecule has 240 valence electrons. The van der Waals surface area contributed by atoms with Gasteiger partial charge in [-0.15, -0.1) is 19.7 Å². The lowest BCUT2D eigenvalue weighted by molar-refractivity contribution is -0.113. The van der Waals surface area contributed by atoms with E-state index in [9.17, 15) is 4.79 Å². The van der Waals surface area contributed by atoms with E-state index in [1.165, 1.54) is 23.6 Å². The van der Waals surface area contributed by atoms with Crippen LogP contribution >= 0.6 is 0 Å².